The van der Waals surface area contributed by atoms with Gasteiger partial charge in [0.25, 0.3) is 0 Å². The predicted octanol–water partition coefficient (Wildman–Crippen LogP) is 34.7. The Hall–Kier alpha value is 9.46. The van der Waals surface area contributed by atoms with E-state index in [0.29, 0.717) is 0 Å². The first-order chi connectivity index (χ1) is 44.0. The summed E-state index contributed by atoms with van der Waals surface area (Å²) in [6.07, 6.45) is 0. The normalized spacial score (nSPS) is 2.93. The molecule has 0 nitrogen and oxygen atoms in total. The first-order valence-corrected chi connectivity index (χ1v) is 60.1. The van der Waals surface area contributed by atoms with Gasteiger partial charge in [0.2, 0.25) is 0 Å². The molecule has 0 aliphatic carbocycles. The third kappa shape index (κ3) is 10100. The second-order valence-corrected chi connectivity index (χ2v) is 0. The molecule has 0 amide bonds. The Labute approximate surface area is 664 Å². The maximum atomic E-state index is 2.42. The minimum Gasteiger partial charge on any atom is -0.141 e. The molecule has 0 N–H and O–H groups in total. The van der Waals surface area contributed by atoms with Crippen molar-refractivity contribution < 1.29 is 0 Å². The van der Waals surface area contributed by atoms with Gasteiger partial charge in [-0.1, -0.05) is 466 Å². The summed E-state index contributed by atoms with van der Waals surface area (Å²) in [6.45, 7) is 130. The van der Waals surface area contributed by atoms with Crippen LogP contribution < -0.4 is 0 Å². The molecule has 22 unspecified atom stereocenters. The van der Waals surface area contributed by atoms with Gasteiger partial charge in [0.1, 0.15) is 0 Å². The van der Waals surface area contributed by atoms with E-state index in [9.17, 15) is 0 Å². The van der Waals surface area contributed by atoms with Crippen LogP contribution in [0.1, 0.15) is 319 Å². The van der Waals surface area contributed by atoms with Crippen LogP contribution in [0.5, 0.6) is 0 Å². The molecule has 0 radical (unpaired) electrons. The van der Waals surface area contributed by atoms with Crippen LogP contribution in [-0.2, 0) is 0 Å². The van der Waals surface area contributed by atoms with E-state index in [2.05, 4.69) is 203 Å². The van der Waals surface area contributed by atoms with Gasteiger partial charge < -0.3 is 0 Å². The van der Waals surface area contributed by atoms with Gasteiger partial charge in [0, 0.05) is 0 Å². The van der Waals surface area contributed by atoms with Crippen molar-refractivity contribution in [1.82, 2.24) is 0 Å². The molecule has 0 fully saturated rings. The monoisotopic (exact) mass is 1750 g/mol. The Bertz CT molecular complexity index is 72.2. The molecule has 90 heavy (non-hydrogen) atoms. The smallest absolute Gasteiger partial charge is 0.0500 e. The molecule has 22 atom stereocenters. The van der Waals surface area contributed by atoms with Crippen molar-refractivity contribution in [3.63, 3.8) is 0 Å². The molecular formula is C68H250P22. The van der Waals surface area contributed by atoms with Crippen molar-refractivity contribution in [2.24, 2.45) is 0 Å². The van der Waals surface area contributed by atoms with Gasteiger partial charge in [-0.25, -0.2) is 0 Å². The van der Waals surface area contributed by atoms with E-state index in [1.165, 1.54) is 0 Å². The minimum absolute atomic E-state index is 0. The van der Waals surface area contributed by atoms with E-state index >= 15 is 0 Å². The van der Waals surface area contributed by atoms with Crippen molar-refractivity contribution in [1.29, 1.82) is 0 Å². The summed E-state index contributed by atoms with van der Waals surface area (Å²) in [4.78, 5) is 0. The summed E-state index contributed by atoms with van der Waals surface area (Å²) >= 11 is 0. The van der Waals surface area contributed by atoms with Gasteiger partial charge in [0.05, 0.1) is 0 Å². The number of hydrogen-bond donors (Lipinski definition) is 0. The van der Waals surface area contributed by atoms with Crippen molar-refractivity contribution in [3.05, 3.63) is 0 Å². The van der Waals surface area contributed by atoms with Crippen molar-refractivity contribution in [3.8, 4) is 0 Å². The first kappa shape index (κ1) is 337. The Morgan fingerprint density at radius 2 is 0.0556 bits per heavy atom. The minimum atomic E-state index is 0. The van der Waals surface area contributed by atoms with Crippen molar-refractivity contribution in [2.75, 3.05) is 147 Å². The molecule has 0 aromatic carbocycles. The molecule has 0 spiro atoms. The van der Waals surface area contributed by atoms with Gasteiger partial charge in [0.15, 0.2) is 0 Å². The highest BCUT2D eigenvalue weighted by molar-refractivity contribution is 7.18. The lowest BCUT2D eigenvalue weighted by molar-refractivity contribution is 1.50. The Kier molecular flexibility index (Phi) is 39200. The molecule has 0 aliphatic heterocycles. The zero-order chi connectivity index (χ0) is 88.0. The molecule has 0 heterocycles. The van der Waals surface area contributed by atoms with Crippen LogP contribution in [0.25, 0.3) is 0 Å². The average molecular weight is 1750 g/mol. The first-order valence-electron chi connectivity index (χ1n) is 34.7. The summed E-state index contributed by atoms with van der Waals surface area (Å²) in [7, 11) is 53.2. The molecular weight excluding hydrogens is 1500 g/mol. The van der Waals surface area contributed by atoms with E-state index in [4.69, 9.17) is 0 Å². The predicted molar refractivity (Wildman–Crippen MR) is 607 cm³/mol. The van der Waals surface area contributed by atoms with Gasteiger partial charge in [-0.2, -0.15) is 0 Å². The largest absolute Gasteiger partial charge is 0.141 e. The second kappa shape index (κ2) is 10500. The number of rotatable bonds is 0. The van der Waals surface area contributed by atoms with Gasteiger partial charge in [-0.3, -0.25) is 0 Å². The van der Waals surface area contributed by atoms with Crippen LogP contribution in [-0.4, -0.2) is 147 Å². The van der Waals surface area contributed by atoms with E-state index in [0.717, 1.165) is 0 Å². The molecule has 0 bridgehead atoms. The second-order valence-electron chi connectivity index (χ2n) is 0. The van der Waals surface area contributed by atoms with Crippen LogP contribution in [0.2, 0.25) is 0 Å². The Morgan fingerprint density at radius 3 is 0.0556 bits per heavy atom. The molecule has 0 aromatic rings. The fourth-order valence-electron chi connectivity index (χ4n) is 0. The van der Waals surface area contributed by atoms with Crippen LogP contribution in [0.3, 0.4) is 0 Å². The molecule has 0 rings (SSSR count). The fraction of sp³-hybridized carbons (Fsp3) is 1.00. The number of hydrogen-bond acceptors (Lipinski definition) is 0. The molecule has 632 valence electrons. The van der Waals surface area contributed by atoms with E-state index in [1.807, 2.05) is 451 Å². The van der Waals surface area contributed by atoms with Crippen LogP contribution >= 0.6 is 203 Å². The lowest BCUT2D eigenvalue weighted by atomic mass is 11.0. The highest BCUT2D eigenvalue weighted by Crippen LogP contribution is 1.51. The topological polar surface area (TPSA) is 0 Å². The average Bonchev–Trinajstić information content (AvgIpc) is 3.78. The van der Waals surface area contributed by atoms with Crippen LogP contribution in [0.15, 0.2) is 0 Å². The summed E-state index contributed by atoms with van der Waals surface area (Å²) in [5, 5.41) is 0. The van der Waals surface area contributed by atoms with E-state index in [-0.39, 0.29) is 14.9 Å². The zero-order valence-electron chi connectivity index (χ0n) is 78.7. The van der Waals surface area contributed by atoms with Crippen LogP contribution in [0.4, 0.5) is 0 Å². The van der Waals surface area contributed by atoms with E-state index in [1.54, 1.807) is 0 Å². The lowest BCUT2D eigenvalue weighted by Gasteiger charge is -1.10. The molecule has 0 saturated carbocycles. The quantitative estimate of drug-likeness (QED) is 0.212. The molecule has 0 aromatic heterocycles. The standard InChI is InChI=1S/22C2H6.22CH5P.2CH4/c44*1-2;;/h22*1-2H3;22*2H2,1H3;2*1H4. The van der Waals surface area contributed by atoms with Gasteiger partial charge in [-0.15, -0.1) is 203 Å². The summed E-state index contributed by atoms with van der Waals surface area (Å²) < 4.78 is 0. The summed E-state index contributed by atoms with van der Waals surface area (Å²) in [5.74, 6) is 0. The highest BCUT2D eigenvalue weighted by Gasteiger charge is 1.01. The van der Waals surface area contributed by atoms with Crippen molar-refractivity contribution >= 4 is 203 Å². The maximum absolute atomic E-state index is 2.42. The summed E-state index contributed by atoms with van der Waals surface area (Å²) in [6, 6.07) is 0. The zero-order valence-corrected chi connectivity index (χ0v) is 104. The Morgan fingerprint density at radius 1 is 0.0556 bits per heavy atom. The summed E-state index contributed by atoms with van der Waals surface area (Å²) in [5.41, 5.74) is 0. The third-order valence-corrected chi connectivity index (χ3v) is 0. The highest BCUT2D eigenvalue weighted by atomic mass is 31.0. The third-order valence-electron chi connectivity index (χ3n) is 0. The lowest BCUT2D eigenvalue weighted by Crippen LogP contribution is -0.856. The fourth-order valence-corrected chi connectivity index (χ4v) is 0. The molecule has 22 heteroatoms. The van der Waals surface area contributed by atoms with Gasteiger partial charge in [-0.05, 0) is 0 Å². The van der Waals surface area contributed by atoms with Crippen molar-refractivity contribution in [2.45, 2.75) is 319 Å². The molecule has 0 aliphatic rings. The maximum Gasteiger partial charge on any atom is -0.0500 e. The van der Waals surface area contributed by atoms with Gasteiger partial charge >= 0.3 is 0 Å². The van der Waals surface area contributed by atoms with E-state index < -0.39 is 0 Å². The molecule has 0 saturated heterocycles. The van der Waals surface area contributed by atoms with Crippen LogP contribution in [0, 0.1) is 0 Å². The Balaban J connectivity index is -0.00000000500. The SMILES string of the molecule is C.C.CC.CC.CC.CC.CC.CC.CC.CC.CC.CC.CC.CC.CC.CC.CC.CC.CC.CC.CC.CC.CC.CC.CP.CP.CP.CP.CP.CP.CP.CP.CP.CP.CP.CP.CP.CP.CP.CP.CP.CP.CP.CP.CP.CP.